The molecule has 26 heavy (non-hydrogen) atoms. The third-order valence-corrected chi connectivity index (χ3v) is 5.09. The zero-order valence-corrected chi connectivity index (χ0v) is 16.1. The van der Waals surface area contributed by atoms with E-state index in [0.29, 0.717) is 5.82 Å². The molecule has 0 spiro atoms. The van der Waals surface area contributed by atoms with E-state index in [1.165, 1.54) is 16.8 Å². The molecule has 1 saturated heterocycles. The standard InChI is InChI=1S/C21H28N4O/c1-15(2)21(26)23-20-9-8-18(14-22-20)24-10-12-25(13-11-24)19-7-5-6-16(3)17(19)4/h5-9,14-15H,10-13H2,1-4H3,(H,22,23,26). The zero-order chi connectivity index (χ0) is 18.7. The van der Waals surface area contributed by atoms with Gasteiger partial charge in [-0.2, -0.15) is 0 Å². The van der Waals surface area contributed by atoms with Crippen LogP contribution >= 0.6 is 0 Å². The van der Waals surface area contributed by atoms with Crippen molar-refractivity contribution in [3.05, 3.63) is 47.7 Å². The average molecular weight is 352 g/mol. The Morgan fingerprint density at radius 1 is 1.04 bits per heavy atom. The van der Waals surface area contributed by atoms with E-state index in [4.69, 9.17) is 0 Å². The number of benzene rings is 1. The minimum atomic E-state index is -0.0466. The minimum absolute atomic E-state index is 0.00705. The summed E-state index contributed by atoms with van der Waals surface area (Å²) in [6, 6.07) is 10.4. The van der Waals surface area contributed by atoms with Crippen LogP contribution in [0.3, 0.4) is 0 Å². The molecule has 1 aliphatic rings. The van der Waals surface area contributed by atoms with Crippen LogP contribution in [-0.4, -0.2) is 37.1 Å². The molecule has 2 aromatic rings. The number of nitrogens with one attached hydrogen (secondary N) is 1. The molecule has 138 valence electrons. The van der Waals surface area contributed by atoms with Crippen LogP contribution in [0.4, 0.5) is 17.2 Å². The summed E-state index contributed by atoms with van der Waals surface area (Å²) in [7, 11) is 0. The number of carbonyl (C=O) groups is 1. The second-order valence-corrected chi connectivity index (χ2v) is 7.24. The van der Waals surface area contributed by atoms with E-state index in [9.17, 15) is 4.79 Å². The van der Waals surface area contributed by atoms with Crippen molar-refractivity contribution in [3.8, 4) is 0 Å². The molecule has 0 atom stereocenters. The number of pyridine rings is 1. The maximum absolute atomic E-state index is 11.8. The van der Waals surface area contributed by atoms with E-state index in [2.05, 4.69) is 52.1 Å². The van der Waals surface area contributed by atoms with E-state index >= 15 is 0 Å². The van der Waals surface area contributed by atoms with Crippen molar-refractivity contribution in [3.63, 3.8) is 0 Å². The van der Waals surface area contributed by atoms with Gasteiger partial charge in [-0.3, -0.25) is 4.79 Å². The van der Waals surface area contributed by atoms with E-state index < -0.39 is 0 Å². The van der Waals surface area contributed by atoms with Crippen LogP contribution in [0.15, 0.2) is 36.5 Å². The van der Waals surface area contributed by atoms with Crippen molar-refractivity contribution >= 4 is 23.1 Å². The molecule has 1 amide bonds. The van der Waals surface area contributed by atoms with Crippen LogP contribution in [0, 0.1) is 19.8 Å². The number of carbonyl (C=O) groups excluding carboxylic acids is 1. The van der Waals surface area contributed by atoms with Crippen LogP contribution in [0.5, 0.6) is 0 Å². The zero-order valence-electron chi connectivity index (χ0n) is 16.1. The molecular weight excluding hydrogens is 324 g/mol. The molecule has 1 N–H and O–H groups in total. The lowest BCUT2D eigenvalue weighted by Crippen LogP contribution is -2.46. The van der Waals surface area contributed by atoms with Gasteiger partial charge >= 0.3 is 0 Å². The molecule has 2 heterocycles. The van der Waals surface area contributed by atoms with Crippen molar-refractivity contribution in [2.75, 3.05) is 41.3 Å². The number of hydrogen-bond acceptors (Lipinski definition) is 4. The molecule has 1 aromatic heterocycles. The van der Waals surface area contributed by atoms with Crippen LogP contribution in [-0.2, 0) is 4.79 Å². The van der Waals surface area contributed by atoms with Crippen molar-refractivity contribution in [1.82, 2.24) is 4.98 Å². The number of aryl methyl sites for hydroxylation is 1. The molecule has 1 fully saturated rings. The van der Waals surface area contributed by atoms with Crippen LogP contribution in [0.25, 0.3) is 0 Å². The molecule has 5 nitrogen and oxygen atoms in total. The lowest BCUT2D eigenvalue weighted by atomic mass is 10.1. The molecule has 1 aromatic carbocycles. The molecule has 0 unspecified atom stereocenters. The summed E-state index contributed by atoms with van der Waals surface area (Å²) < 4.78 is 0. The predicted octanol–water partition coefficient (Wildman–Crippen LogP) is 3.62. The summed E-state index contributed by atoms with van der Waals surface area (Å²) in [5, 5.41) is 2.83. The summed E-state index contributed by atoms with van der Waals surface area (Å²) in [5.41, 5.74) is 5.16. The summed E-state index contributed by atoms with van der Waals surface area (Å²) in [6.45, 7) is 12.0. The van der Waals surface area contributed by atoms with Crippen molar-refractivity contribution in [1.29, 1.82) is 0 Å². The van der Waals surface area contributed by atoms with Gasteiger partial charge in [-0.1, -0.05) is 26.0 Å². The number of anilines is 3. The first-order chi connectivity index (χ1) is 12.5. The first-order valence-corrected chi connectivity index (χ1v) is 9.28. The first kappa shape index (κ1) is 18.2. The van der Waals surface area contributed by atoms with Crippen LogP contribution in [0.1, 0.15) is 25.0 Å². The van der Waals surface area contributed by atoms with Crippen molar-refractivity contribution in [2.45, 2.75) is 27.7 Å². The highest BCUT2D eigenvalue weighted by molar-refractivity contribution is 5.91. The predicted molar refractivity (Wildman–Crippen MR) is 108 cm³/mol. The quantitative estimate of drug-likeness (QED) is 0.913. The SMILES string of the molecule is Cc1cccc(N2CCN(c3ccc(NC(=O)C(C)C)nc3)CC2)c1C. The van der Waals surface area contributed by atoms with Gasteiger partial charge in [0.05, 0.1) is 11.9 Å². The molecule has 0 bridgehead atoms. The summed E-state index contributed by atoms with van der Waals surface area (Å²) in [5.74, 6) is 0.559. The number of nitrogens with zero attached hydrogens (tertiary/aromatic N) is 3. The molecule has 0 saturated carbocycles. The highest BCUT2D eigenvalue weighted by atomic mass is 16.1. The third kappa shape index (κ3) is 3.98. The topological polar surface area (TPSA) is 48.5 Å². The molecule has 5 heteroatoms. The smallest absolute Gasteiger partial charge is 0.228 e. The highest BCUT2D eigenvalue weighted by Gasteiger charge is 2.19. The molecule has 0 radical (unpaired) electrons. The Kier molecular flexibility index (Phi) is 5.45. The van der Waals surface area contributed by atoms with Gasteiger partial charge in [-0.25, -0.2) is 4.98 Å². The van der Waals surface area contributed by atoms with Gasteiger partial charge in [0.2, 0.25) is 5.91 Å². The fraction of sp³-hybridized carbons (Fsp3) is 0.429. The summed E-state index contributed by atoms with van der Waals surface area (Å²) in [4.78, 5) is 21.0. The normalized spacial score (nSPS) is 14.7. The summed E-state index contributed by atoms with van der Waals surface area (Å²) >= 11 is 0. The van der Waals surface area contributed by atoms with Gasteiger partial charge in [-0.05, 0) is 43.2 Å². The Bertz CT molecular complexity index is 762. The Balaban J connectivity index is 1.61. The van der Waals surface area contributed by atoms with Gasteiger partial charge < -0.3 is 15.1 Å². The maximum Gasteiger partial charge on any atom is 0.228 e. The molecule has 0 aliphatic carbocycles. The first-order valence-electron chi connectivity index (χ1n) is 9.28. The fourth-order valence-electron chi connectivity index (χ4n) is 3.20. The molecule has 1 aliphatic heterocycles. The highest BCUT2D eigenvalue weighted by Crippen LogP contribution is 2.25. The monoisotopic (exact) mass is 352 g/mol. The van der Waals surface area contributed by atoms with E-state index in [1.54, 1.807) is 0 Å². The average Bonchev–Trinajstić information content (AvgIpc) is 2.65. The number of amides is 1. The van der Waals surface area contributed by atoms with Gasteiger partial charge in [0.15, 0.2) is 0 Å². The Hall–Kier alpha value is -2.56. The lowest BCUT2D eigenvalue weighted by Gasteiger charge is -2.38. The third-order valence-electron chi connectivity index (χ3n) is 5.09. The Labute approximate surface area is 156 Å². The Morgan fingerprint density at radius 3 is 2.35 bits per heavy atom. The number of hydrogen-bond donors (Lipinski definition) is 1. The number of rotatable bonds is 4. The van der Waals surface area contributed by atoms with Gasteiger partial charge in [0.1, 0.15) is 5.82 Å². The second kappa shape index (κ2) is 7.77. The fourth-order valence-corrected chi connectivity index (χ4v) is 3.20. The largest absolute Gasteiger partial charge is 0.368 e. The molecule has 3 rings (SSSR count). The van der Waals surface area contributed by atoms with Crippen molar-refractivity contribution in [2.24, 2.45) is 5.92 Å². The van der Waals surface area contributed by atoms with E-state index in [1.807, 2.05) is 32.2 Å². The van der Waals surface area contributed by atoms with Gasteiger partial charge in [0, 0.05) is 37.8 Å². The van der Waals surface area contributed by atoms with Crippen LogP contribution < -0.4 is 15.1 Å². The minimum Gasteiger partial charge on any atom is -0.368 e. The second-order valence-electron chi connectivity index (χ2n) is 7.24. The Morgan fingerprint density at radius 2 is 1.73 bits per heavy atom. The van der Waals surface area contributed by atoms with Gasteiger partial charge in [-0.15, -0.1) is 0 Å². The van der Waals surface area contributed by atoms with E-state index in [0.717, 1.165) is 31.9 Å². The van der Waals surface area contributed by atoms with Crippen molar-refractivity contribution < 1.29 is 4.79 Å². The van der Waals surface area contributed by atoms with E-state index in [-0.39, 0.29) is 11.8 Å². The molecular formula is C21H28N4O. The maximum atomic E-state index is 11.8. The van der Waals surface area contributed by atoms with Crippen LogP contribution in [0.2, 0.25) is 0 Å². The lowest BCUT2D eigenvalue weighted by molar-refractivity contribution is -0.118. The summed E-state index contributed by atoms with van der Waals surface area (Å²) in [6.07, 6.45) is 1.85. The number of piperazine rings is 1. The number of aromatic nitrogens is 1. The van der Waals surface area contributed by atoms with Gasteiger partial charge in [0.25, 0.3) is 0 Å².